The summed E-state index contributed by atoms with van der Waals surface area (Å²) >= 11 is 0. The van der Waals surface area contributed by atoms with Crippen LogP contribution in [-0.4, -0.2) is 95.0 Å². The fourth-order valence-corrected chi connectivity index (χ4v) is 6.81. The molecule has 5 rings (SSSR count). The number of anilines is 3. The van der Waals surface area contributed by atoms with Crippen molar-refractivity contribution in [2.75, 3.05) is 43.7 Å². The normalized spacial score (nSPS) is 23.7. The standard InChI is InChI=1S/C31H32F3N5O9/c1-38(2)18-11-17(37-29(46)36-13-5-7-14(8-6-13)48-31(32,33)34)23(40)20-15(18)9-12-10-16-22(39(3)4)25(42)21(28(35)45)27(44)30(16,47)26(43)19(12)24(20)41/h5-8,11-12,16,22,40-41,44,47H,9-10H2,1-4H3,(H2,35,45)(H2,36,37,46). The predicted octanol–water partition coefficient (Wildman–Crippen LogP) is 2.57. The Morgan fingerprint density at radius 2 is 1.67 bits per heavy atom. The molecule has 0 spiro atoms. The first kappa shape index (κ1) is 34.1. The summed E-state index contributed by atoms with van der Waals surface area (Å²) in [6, 6.07) is 3.50. The summed E-state index contributed by atoms with van der Waals surface area (Å²) in [6.07, 6.45) is -4.99. The van der Waals surface area contributed by atoms with Crippen molar-refractivity contribution in [1.82, 2.24) is 4.90 Å². The van der Waals surface area contributed by atoms with Crippen LogP contribution in [0.3, 0.4) is 0 Å². The van der Waals surface area contributed by atoms with Crippen molar-refractivity contribution in [2.45, 2.75) is 30.8 Å². The molecule has 0 heterocycles. The molecule has 2 aromatic rings. The molecule has 3 amide bonds. The summed E-state index contributed by atoms with van der Waals surface area (Å²) in [5, 5.41) is 50.5. The quantitative estimate of drug-likeness (QED) is 0.175. The molecule has 0 saturated heterocycles. The third-order valence-corrected chi connectivity index (χ3v) is 8.77. The first-order valence-corrected chi connectivity index (χ1v) is 14.4. The number of likely N-dealkylation sites (N-methyl/N-ethyl adjacent to an activating group) is 1. The van der Waals surface area contributed by atoms with E-state index in [1.165, 1.54) is 25.1 Å². The molecule has 17 heteroatoms. The lowest BCUT2D eigenvalue weighted by Gasteiger charge is -2.50. The molecule has 0 aliphatic heterocycles. The smallest absolute Gasteiger partial charge is 0.508 e. The number of carbonyl (C=O) groups is 4. The number of hydrogen-bond donors (Lipinski definition) is 7. The molecule has 48 heavy (non-hydrogen) atoms. The topological polar surface area (TPSA) is 215 Å². The molecule has 0 radical (unpaired) electrons. The number of phenols is 1. The number of nitrogens with zero attached hydrogens (tertiary/aromatic N) is 2. The van der Waals surface area contributed by atoms with E-state index in [0.717, 1.165) is 24.3 Å². The van der Waals surface area contributed by atoms with Crippen LogP contribution in [0.25, 0.3) is 5.76 Å². The van der Waals surface area contributed by atoms with Gasteiger partial charge in [0, 0.05) is 37.0 Å². The van der Waals surface area contributed by atoms with Gasteiger partial charge in [0.25, 0.3) is 5.91 Å². The second-order valence-corrected chi connectivity index (χ2v) is 12.2. The Morgan fingerprint density at radius 1 is 1.04 bits per heavy atom. The van der Waals surface area contributed by atoms with Crippen LogP contribution in [0.5, 0.6) is 11.5 Å². The van der Waals surface area contributed by atoms with Gasteiger partial charge in [-0.15, -0.1) is 13.2 Å². The van der Waals surface area contributed by atoms with Crippen LogP contribution in [0, 0.1) is 11.8 Å². The summed E-state index contributed by atoms with van der Waals surface area (Å²) in [6.45, 7) is 0. The van der Waals surface area contributed by atoms with Crippen LogP contribution in [0.15, 0.2) is 47.2 Å². The fourth-order valence-electron chi connectivity index (χ4n) is 6.81. The van der Waals surface area contributed by atoms with E-state index in [4.69, 9.17) is 5.73 Å². The maximum Gasteiger partial charge on any atom is 0.573 e. The minimum Gasteiger partial charge on any atom is -0.508 e. The number of alkyl halides is 3. The van der Waals surface area contributed by atoms with E-state index >= 15 is 0 Å². The van der Waals surface area contributed by atoms with E-state index in [1.807, 2.05) is 0 Å². The van der Waals surface area contributed by atoms with Crippen molar-refractivity contribution in [3.8, 4) is 11.5 Å². The van der Waals surface area contributed by atoms with Gasteiger partial charge < -0.3 is 46.4 Å². The number of halogens is 3. The predicted molar refractivity (Wildman–Crippen MR) is 164 cm³/mol. The summed E-state index contributed by atoms with van der Waals surface area (Å²) in [5.74, 6) is -8.62. The van der Waals surface area contributed by atoms with Crippen LogP contribution in [0.1, 0.15) is 17.5 Å². The summed E-state index contributed by atoms with van der Waals surface area (Å²) in [7, 11) is 6.30. The molecule has 8 N–H and O–H groups in total. The second kappa shape index (κ2) is 11.7. The largest absolute Gasteiger partial charge is 0.573 e. The van der Waals surface area contributed by atoms with Crippen molar-refractivity contribution >= 4 is 46.3 Å². The number of ether oxygens (including phenoxy) is 1. The SMILES string of the molecule is CN(C)c1cc(NC(=O)Nc2ccc(OC(F)(F)F)cc2)c(O)c2c1CC1CC3C(N(C)C)C(=O)C(C(N)=O)=C(O)C3(O)C(=O)C1=C2O. The third kappa shape index (κ3) is 5.53. The molecule has 4 unspecified atom stereocenters. The van der Waals surface area contributed by atoms with E-state index in [0.29, 0.717) is 11.3 Å². The molecule has 1 fully saturated rings. The van der Waals surface area contributed by atoms with Crippen LogP contribution in [0.4, 0.5) is 35.0 Å². The number of urea groups is 1. The number of aliphatic hydroxyl groups is 3. The molecule has 256 valence electrons. The maximum absolute atomic E-state index is 14.1. The van der Waals surface area contributed by atoms with E-state index in [1.54, 1.807) is 19.0 Å². The van der Waals surface area contributed by atoms with Crippen molar-refractivity contribution in [1.29, 1.82) is 0 Å². The van der Waals surface area contributed by atoms with Gasteiger partial charge in [0.05, 0.1) is 17.3 Å². The molecule has 3 aliphatic rings. The molecule has 1 saturated carbocycles. The number of nitrogens with two attached hydrogens (primary N) is 1. The highest BCUT2D eigenvalue weighted by Gasteiger charge is 2.64. The molecule has 2 aromatic carbocycles. The summed E-state index contributed by atoms with van der Waals surface area (Å²) in [4.78, 5) is 55.5. The van der Waals surface area contributed by atoms with E-state index < -0.39 is 81.9 Å². The Morgan fingerprint density at radius 3 is 2.21 bits per heavy atom. The Balaban J connectivity index is 1.55. The average Bonchev–Trinajstić information content (AvgIpc) is 2.96. The minimum absolute atomic E-state index is 0.0223. The molecule has 4 atom stereocenters. The Kier molecular flexibility index (Phi) is 8.33. The van der Waals surface area contributed by atoms with E-state index in [2.05, 4.69) is 15.4 Å². The zero-order valence-corrected chi connectivity index (χ0v) is 26.0. The lowest BCUT2D eigenvalue weighted by atomic mass is 9.57. The number of benzene rings is 2. The first-order valence-electron chi connectivity index (χ1n) is 14.4. The van der Waals surface area contributed by atoms with Crippen LogP contribution in [0.2, 0.25) is 0 Å². The average molecular weight is 676 g/mol. The van der Waals surface area contributed by atoms with Crippen molar-refractivity contribution in [2.24, 2.45) is 17.6 Å². The van der Waals surface area contributed by atoms with E-state index in [-0.39, 0.29) is 35.4 Å². The second-order valence-electron chi connectivity index (χ2n) is 12.2. The molecular weight excluding hydrogens is 643 g/mol. The number of aliphatic hydroxyl groups excluding tert-OH is 2. The lowest BCUT2D eigenvalue weighted by molar-refractivity contribution is -0.274. The number of phenolic OH excluding ortho intramolecular Hbond substituents is 1. The van der Waals surface area contributed by atoms with Gasteiger partial charge in [0.15, 0.2) is 17.1 Å². The van der Waals surface area contributed by atoms with Gasteiger partial charge in [-0.1, -0.05) is 0 Å². The molecular formula is C31H32F3N5O9. The van der Waals surface area contributed by atoms with Crippen molar-refractivity contribution in [3.05, 3.63) is 58.4 Å². The summed E-state index contributed by atoms with van der Waals surface area (Å²) in [5.41, 5.74) is 1.60. The highest BCUT2D eigenvalue weighted by Crippen LogP contribution is 2.54. The van der Waals surface area contributed by atoms with Gasteiger partial charge in [-0.05, 0) is 68.8 Å². The third-order valence-electron chi connectivity index (χ3n) is 8.77. The zero-order chi connectivity index (χ0) is 35.6. The highest BCUT2D eigenvalue weighted by molar-refractivity contribution is 6.24. The Hall–Kier alpha value is -5.29. The highest BCUT2D eigenvalue weighted by atomic mass is 19.4. The number of amides is 3. The first-order chi connectivity index (χ1) is 22.3. The van der Waals surface area contributed by atoms with Crippen molar-refractivity contribution in [3.63, 3.8) is 0 Å². The van der Waals surface area contributed by atoms with Gasteiger partial charge in [-0.3, -0.25) is 19.3 Å². The molecule has 14 nitrogen and oxygen atoms in total. The van der Waals surface area contributed by atoms with Crippen LogP contribution in [-0.2, 0) is 20.8 Å². The maximum atomic E-state index is 14.1. The van der Waals surface area contributed by atoms with E-state index in [9.17, 15) is 52.8 Å². The number of rotatable bonds is 6. The zero-order valence-electron chi connectivity index (χ0n) is 26.0. The van der Waals surface area contributed by atoms with Gasteiger partial charge in [-0.25, -0.2) is 4.79 Å². The van der Waals surface area contributed by atoms with Gasteiger partial charge in [0.2, 0.25) is 5.78 Å². The number of primary amides is 1. The Labute approximate surface area is 270 Å². The fraction of sp³-hybridized carbons (Fsp3) is 0.355. The number of aromatic hydroxyl groups is 1. The lowest BCUT2D eigenvalue weighted by Crippen LogP contribution is -2.65. The molecule has 0 bridgehead atoms. The number of fused-ring (bicyclic) bond motifs is 3. The number of nitrogens with one attached hydrogen (secondary N) is 2. The van der Waals surface area contributed by atoms with Gasteiger partial charge in [0.1, 0.15) is 22.8 Å². The number of ketones is 2. The van der Waals surface area contributed by atoms with Gasteiger partial charge in [-0.2, -0.15) is 0 Å². The number of carbonyl (C=O) groups excluding carboxylic acids is 4. The van der Waals surface area contributed by atoms with Crippen LogP contribution >= 0.6 is 0 Å². The Bertz CT molecular complexity index is 1800. The molecule has 0 aromatic heterocycles. The summed E-state index contributed by atoms with van der Waals surface area (Å²) < 4.78 is 41.2. The van der Waals surface area contributed by atoms with Crippen molar-refractivity contribution < 1.29 is 57.5 Å². The number of hydrogen-bond acceptors (Lipinski definition) is 11. The van der Waals surface area contributed by atoms with Crippen LogP contribution < -0.4 is 26.0 Å². The van der Waals surface area contributed by atoms with Gasteiger partial charge >= 0.3 is 12.4 Å². The minimum atomic E-state index is -4.91. The monoisotopic (exact) mass is 675 g/mol. The number of Topliss-reactive ketones (excluding diaryl/α,β-unsaturated/α-hetero) is 2. The molecule has 3 aliphatic carbocycles.